The third-order valence-electron chi connectivity index (χ3n) is 6.09. The van der Waals surface area contributed by atoms with Crippen LogP contribution in [0.1, 0.15) is 156 Å². The molecule has 2 aromatic heterocycles. The molecular weight excluding hydrogens is 484 g/mol. The molecule has 0 saturated carbocycles. The van der Waals surface area contributed by atoms with E-state index < -0.39 is 0 Å². The minimum absolute atomic E-state index is 0.185. The molecule has 4 heteroatoms. The average Bonchev–Trinajstić information content (AvgIpc) is 3.11. The van der Waals surface area contributed by atoms with E-state index in [0.29, 0.717) is 0 Å². The molecule has 0 N–H and O–H groups in total. The Bertz CT molecular complexity index is 949. The van der Waals surface area contributed by atoms with Gasteiger partial charge in [0.2, 0.25) is 0 Å². The SMILES string of the molecule is CC(C)(C)c1pc(C(C)(C)C)p(-p2c(C(C)(C)C)pc(C(C)(C)C)c2C(C)(C)C)c1C(C)(C)C. The quantitative estimate of drug-likeness (QED) is 0.339. The smallest absolute Gasteiger partial charge is 0.0126 e. The zero-order valence-electron chi connectivity index (χ0n) is 25.8. The molecule has 0 saturated heterocycles. The Morgan fingerprint density at radius 1 is 0.353 bits per heavy atom. The van der Waals surface area contributed by atoms with Gasteiger partial charge in [0, 0.05) is 10.1 Å². The molecule has 0 aliphatic carbocycles. The van der Waals surface area contributed by atoms with E-state index in [1.807, 2.05) is 20.6 Å². The van der Waals surface area contributed by atoms with Crippen molar-refractivity contribution in [1.82, 2.24) is 0 Å². The average molecular weight is 539 g/mol. The Balaban J connectivity index is 3.38. The molecule has 0 amide bonds. The molecule has 2 atom stereocenters. The van der Waals surface area contributed by atoms with E-state index in [4.69, 9.17) is 0 Å². The van der Waals surface area contributed by atoms with Crippen LogP contribution < -0.4 is 0 Å². The lowest BCUT2D eigenvalue weighted by Gasteiger charge is -2.34. The second-order valence-corrected chi connectivity index (χ2v) is 24.8. The minimum atomic E-state index is -0.387. The number of hydrogen-bond donors (Lipinski definition) is 0. The highest BCUT2D eigenvalue weighted by Gasteiger charge is 2.41. The highest BCUT2D eigenvalue weighted by molar-refractivity contribution is 8.25. The molecule has 0 nitrogen and oxygen atoms in total. The van der Waals surface area contributed by atoms with E-state index in [0.717, 1.165) is 0 Å². The molecule has 0 spiro atoms. The van der Waals surface area contributed by atoms with Crippen molar-refractivity contribution in [3.05, 3.63) is 31.2 Å². The van der Waals surface area contributed by atoms with E-state index in [9.17, 15) is 0 Å². The zero-order chi connectivity index (χ0) is 27.0. The standard InChI is InChI=1S/C30H54P4/c1-25(2,3)19-21(27(7,8)9)33(23(31-19)29(13,14)15)34-22(28(10,11)12)20(26(4,5)6)32-24(34)30(16,17)18/h1-18H3. The van der Waals surface area contributed by atoms with Gasteiger partial charge >= 0.3 is 0 Å². The molecule has 0 fully saturated rings. The second kappa shape index (κ2) is 9.02. The first-order valence-electron chi connectivity index (χ1n) is 13.0. The van der Waals surface area contributed by atoms with Crippen LogP contribution in [0.2, 0.25) is 0 Å². The van der Waals surface area contributed by atoms with Gasteiger partial charge in [-0.3, -0.25) is 0 Å². The predicted molar refractivity (Wildman–Crippen MR) is 166 cm³/mol. The van der Waals surface area contributed by atoms with Gasteiger partial charge in [-0.15, -0.1) is 0 Å². The van der Waals surface area contributed by atoms with Crippen molar-refractivity contribution in [3.8, 4) is 0 Å². The first kappa shape index (κ1) is 30.6. The van der Waals surface area contributed by atoms with Gasteiger partial charge in [-0.25, -0.2) is 0 Å². The van der Waals surface area contributed by atoms with Crippen molar-refractivity contribution in [2.75, 3.05) is 0 Å². The van der Waals surface area contributed by atoms with Crippen LogP contribution in [-0.4, -0.2) is 0 Å². The van der Waals surface area contributed by atoms with Gasteiger partial charge in [-0.2, -0.15) is 0 Å². The summed E-state index contributed by atoms with van der Waals surface area (Å²) >= 11 is 0. The predicted octanol–water partition coefficient (Wildman–Crippen LogP) is 12.9. The fourth-order valence-electron chi connectivity index (χ4n) is 4.58. The first-order chi connectivity index (χ1) is 14.7. The van der Waals surface area contributed by atoms with E-state index >= 15 is 0 Å². The number of hydrogen-bond acceptors (Lipinski definition) is 0. The molecule has 0 aromatic carbocycles. The lowest BCUT2D eigenvalue weighted by molar-refractivity contribution is 0.550. The van der Waals surface area contributed by atoms with Crippen molar-refractivity contribution in [1.29, 1.82) is 0 Å². The summed E-state index contributed by atoms with van der Waals surface area (Å²) < 4.78 is 0. The Hall–Kier alpha value is 0.420. The normalized spacial score (nSPS) is 16.3. The van der Waals surface area contributed by atoms with E-state index in [1.54, 1.807) is 10.6 Å². The summed E-state index contributed by atoms with van der Waals surface area (Å²) in [5, 5.41) is 10.7. The fourth-order valence-corrected chi connectivity index (χ4v) is 24.3. The molecule has 0 bridgehead atoms. The molecule has 0 aliphatic heterocycles. The van der Waals surface area contributed by atoms with Crippen LogP contribution in [0.15, 0.2) is 0 Å². The Morgan fingerprint density at radius 3 is 0.735 bits per heavy atom. The van der Waals surface area contributed by atoms with Crippen LogP contribution >= 0.6 is 30.8 Å². The van der Waals surface area contributed by atoms with Gasteiger partial charge < -0.3 is 0 Å². The van der Waals surface area contributed by atoms with Crippen LogP contribution in [0, 0.1) is 0 Å². The summed E-state index contributed by atoms with van der Waals surface area (Å²) in [5.74, 6) is 0. The van der Waals surface area contributed by atoms with Gasteiger partial charge in [-0.05, 0) is 53.7 Å². The maximum absolute atomic E-state index is 2.50. The van der Waals surface area contributed by atoms with E-state index in [-0.39, 0.29) is 46.9 Å². The molecule has 2 unspecified atom stereocenters. The van der Waals surface area contributed by atoms with Crippen LogP contribution in [0.25, 0.3) is 0 Å². The van der Waals surface area contributed by atoms with Gasteiger partial charge in [0.1, 0.15) is 0 Å². The van der Waals surface area contributed by atoms with E-state index in [2.05, 4.69) is 125 Å². The molecule has 0 radical (unpaired) electrons. The fraction of sp³-hybridized carbons (Fsp3) is 0.800. The topological polar surface area (TPSA) is 0 Å². The van der Waals surface area contributed by atoms with E-state index in [1.165, 1.54) is 16.4 Å². The number of rotatable bonds is 1. The second-order valence-electron chi connectivity index (χ2n) is 16.4. The zero-order valence-corrected chi connectivity index (χ0v) is 29.4. The minimum Gasteiger partial charge on any atom is -0.0625 e. The van der Waals surface area contributed by atoms with Crippen molar-refractivity contribution < 1.29 is 0 Å². The van der Waals surface area contributed by atoms with Crippen molar-refractivity contribution >= 4 is 30.8 Å². The summed E-state index contributed by atoms with van der Waals surface area (Å²) in [7, 11) is 2.30. The molecule has 2 rings (SSSR count). The van der Waals surface area contributed by atoms with Gasteiger partial charge in [0.05, 0.1) is 0 Å². The lowest BCUT2D eigenvalue weighted by atomic mass is 9.86. The van der Waals surface area contributed by atoms with Crippen LogP contribution in [0.5, 0.6) is 0 Å². The first-order valence-corrected chi connectivity index (χ1v) is 18.2. The third kappa shape index (κ3) is 6.10. The largest absolute Gasteiger partial charge is 0.0625 e. The summed E-state index contributed by atoms with van der Waals surface area (Å²) in [4.78, 5) is 0. The van der Waals surface area contributed by atoms with Crippen LogP contribution in [0.3, 0.4) is 0 Å². The Labute approximate surface area is 218 Å². The molecule has 2 aromatic rings. The maximum atomic E-state index is 2.50. The van der Waals surface area contributed by atoms with Crippen LogP contribution in [0.4, 0.5) is 0 Å². The maximum Gasteiger partial charge on any atom is 0.0126 e. The molecule has 2 heterocycles. The van der Waals surface area contributed by atoms with Crippen LogP contribution in [-0.2, 0) is 32.5 Å². The Kier molecular flexibility index (Phi) is 8.13. The molecule has 34 heavy (non-hydrogen) atoms. The van der Waals surface area contributed by atoms with Gasteiger partial charge in [0.25, 0.3) is 0 Å². The van der Waals surface area contributed by atoms with Crippen molar-refractivity contribution in [2.45, 2.75) is 157 Å². The summed E-state index contributed by atoms with van der Waals surface area (Å²) in [5.41, 5.74) is 1.20. The Morgan fingerprint density at radius 2 is 0.588 bits per heavy atom. The summed E-state index contributed by atoms with van der Waals surface area (Å²) in [6, 6.07) is 0. The third-order valence-corrected chi connectivity index (χ3v) is 22.0. The highest BCUT2D eigenvalue weighted by Crippen LogP contribution is 2.78. The molecule has 0 aliphatic rings. The summed E-state index contributed by atoms with van der Waals surface area (Å²) in [6.07, 6.45) is 0. The highest BCUT2D eigenvalue weighted by atomic mass is 32.0. The van der Waals surface area contributed by atoms with Gasteiger partial charge in [-0.1, -0.05) is 155 Å². The van der Waals surface area contributed by atoms with Crippen molar-refractivity contribution in [3.63, 3.8) is 0 Å². The lowest BCUT2D eigenvalue weighted by Crippen LogP contribution is -2.19. The summed E-state index contributed by atoms with van der Waals surface area (Å²) in [6.45, 7) is 44.6. The van der Waals surface area contributed by atoms with Crippen molar-refractivity contribution in [2.24, 2.45) is 0 Å². The molecular formula is C30H54P4. The molecule has 194 valence electrons. The van der Waals surface area contributed by atoms with Gasteiger partial charge in [0.15, 0.2) is 0 Å². The monoisotopic (exact) mass is 538 g/mol.